The molecule has 9 N–H and O–H groups in total. The molecule has 122 valence electrons. The van der Waals surface area contributed by atoms with Crippen molar-refractivity contribution in [1.82, 2.24) is 10.3 Å². The lowest BCUT2D eigenvalue weighted by Crippen LogP contribution is -2.27. The van der Waals surface area contributed by atoms with Crippen LogP contribution in [0.25, 0.3) is 0 Å². The Bertz CT molecular complexity index is 691. The molecule has 10 nitrogen and oxygen atoms in total. The van der Waals surface area contributed by atoms with Crippen LogP contribution >= 0.6 is 0 Å². The fourth-order valence-electron chi connectivity index (χ4n) is 1.92. The summed E-state index contributed by atoms with van der Waals surface area (Å²) in [5.41, 5.74) is 11.1. The number of rotatable bonds is 5. The molecule has 1 aromatic rings. The lowest BCUT2D eigenvalue weighted by atomic mass is 10.1. The third kappa shape index (κ3) is 4.17. The number of carbonyl (C=O) groups excluding carboxylic acids is 2. The molecular formula is C13H17N7O3. The first-order valence-corrected chi connectivity index (χ1v) is 6.68. The number of hydrogen-bond acceptors (Lipinski definition) is 6. The molecule has 2 rings (SSSR count). The molecule has 0 saturated carbocycles. The SMILES string of the molecule is N=C(N)C=CNC(=O)c1cc(NC(=O)C2CC(O)C(N)=N2)c[nH]1. The molecule has 1 aliphatic rings. The highest BCUT2D eigenvalue weighted by atomic mass is 16.3. The van der Waals surface area contributed by atoms with Crippen LogP contribution in [0.1, 0.15) is 16.9 Å². The van der Waals surface area contributed by atoms with Gasteiger partial charge in [0, 0.05) is 18.8 Å². The number of aromatic nitrogens is 1. The summed E-state index contributed by atoms with van der Waals surface area (Å²) < 4.78 is 0. The first kappa shape index (κ1) is 16.2. The Morgan fingerprint density at radius 3 is 2.87 bits per heavy atom. The van der Waals surface area contributed by atoms with E-state index in [1.165, 1.54) is 24.5 Å². The van der Waals surface area contributed by atoms with E-state index in [0.717, 1.165) is 0 Å². The number of aromatic amines is 1. The molecule has 2 amide bonds. The number of nitrogens with two attached hydrogens (primary N) is 2. The molecule has 0 fully saturated rings. The summed E-state index contributed by atoms with van der Waals surface area (Å²) in [6.45, 7) is 0. The van der Waals surface area contributed by atoms with E-state index in [-0.39, 0.29) is 23.8 Å². The van der Waals surface area contributed by atoms with E-state index in [4.69, 9.17) is 16.9 Å². The Morgan fingerprint density at radius 2 is 2.26 bits per heavy atom. The van der Waals surface area contributed by atoms with Gasteiger partial charge in [-0.1, -0.05) is 0 Å². The van der Waals surface area contributed by atoms with Gasteiger partial charge in [0.15, 0.2) is 0 Å². The monoisotopic (exact) mass is 319 g/mol. The maximum absolute atomic E-state index is 12.0. The van der Waals surface area contributed by atoms with E-state index in [1.807, 2.05) is 0 Å². The van der Waals surface area contributed by atoms with Crippen LogP contribution in [-0.2, 0) is 4.79 Å². The summed E-state index contributed by atoms with van der Waals surface area (Å²) in [5, 5.41) is 21.4. The molecular weight excluding hydrogens is 302 g/mol. The van der Waals surface area contributed by atoms with Crippen LogP contribution in [0.2, 0.25) is 0 Å². The van der Waals surface area contributed by atoms with Gasteiger partial charge in [0.2, 0.25) is 5.91 Å². The van der Waals surface area contributed by atoms with Crippen molar-refractivity contribution in [2.75, 3.05) is 5.32 Å². The summed E-state index contributed by atoms with van der Waals surface area (Å²) in [6, 6.07) is 0.684. The summed E-state index contributed by atoms with van der Waals surface area (Å²) in [4.78, 5) is 30.3. The third-order valence-electron chi connectivity index (χ3n) is 3.07. The highest BCUT2D eigenvalue weighted by molar-refractivity contribution is 6.01. The highest BCUT2D eigenvalue weighted by Gasteiger charge is 2.30. The van der Waals surface area contributed by atoms with E-state index in [1.54, 1.807) is 0 Å². The number of amides is 2. The van der Waals surface area contributed by atoms with Crippen molar-refractivity contribution in [3.63, 3.8) is 0 Å². The Labute approximate surface area is 131 Å². The van der Waals surface area contributed by atoms with Crippen molar-refractivity contribution >= 4 is 29.2 Å². The molecule has 0 spiro atoms. The topological polar surface area (TPSA) is 182 Å². The molecule has 0 radical (unpaired) electrons. The minimum Gasteiger partial charge on any atom is -0.385 e. The summed E-state index contributed by atoms with van der Waals surface area (Å²) in [6.07, 6.45) is 3.12. The van der Waals surface area contributed by atoms with E-state index in [0.29, 0.717) is 5.69 Å². The number of anilines is 1. The van der Waals surface area contributed by atoms with Gasteiger partial charge in [-0.2, -0.15) is 0 Å². The minimum absolute atomic E-state index is 0.0385. The van der Waals surface area contributed by atoms with E-state index in [9.17, 15) is 14.7 Å². The minimum atomic E-state index is -0.911. The van der Waals surface area contributed by atoms with Crippen molar-refractivity contribution in [3.8, 4) is 0 Å². The van der Waals surface area contributed by atoms with Crippen molar-refractivity contribution in [2.24, 2.45) is 16.5 Å². The van der Waals surface area contributed by atoms with Crippen LogP contribution in [0.15, 0.2) is 29.5 Å². The number of hydrogen-bond donors (Lipinski definition) is 7. The lowest BCUT2D eigenvalue weighted by molar-refractivity contribution is -0.117. The second-order valence-corrected chi connectivity index (χ2v) is 4.87. The molecule has 10 heteroatoms. The van der Waals surface area contributed by atoms with E-state index < -0.39 is 24.0 Å². The predicted molar refractivity (Wildman–Crippen MR) is 84.0 cm³/mol. The number of aliphatic hydroxyl groups excluding tert-OH is 1. The molecule has 2 heterocycles. The Kier molecular flexibility index (Phi) is 4.76. The number of aliphatic imine (C=N–C) groups is 1. The third-order valence-corrected chi connectivity index (χ3v) is 3.07. The van der Waals surface area contributed by atoms with Crippen molar-refractivity contribution < 1.29 is 14.7 Å². The van der Waals surface area contributed by atoms with Gasteiger partial charge in [0.05, 0.1) is 5.69 Å². The van der Waals surface area contributed by atoms with Gasteiger partial charge >= 0.3 is 0 Å². The summed E-state index contributed by atoms with van der Waals surface area (Å²) in [7, 11) is 0. The zero-order chi connectivity index (χ0) is 17.0. The van der Waals surface area contributed by atoms with Gasteiger partial charge in [-0.25, -0.2) is 0 Å². The quantitative estimate of drug-likeness (QED) is 0.260. The highest BCUT2D eigenvalue weighted by Crippen LogP contribution is 2.16. The van der Waals surface area contributed by atoms with Crippen LogP contribution in [-0.4, -0.2) is 45.7 Å². The van der Waals surface area contributed by atoms with Crippen LogP contribution < -0.4 is 22.1 Å². The fourth-order valence-corrected chi connectivity index (χ4v) is 1.92. The number of nitrogens with one attached hydrogen (secondary N) is 4. The maximum Gasteiger partial charge on any atom is 0.271 e. The average molecular weight is 319 g/mol. The van der Waals surface area contributed by atoms with Crippen LogP contribution in [0.4, 0.5) is 5.69 Å². The number of H-pyrrole nitrogens is 1. The second kappa shape index (κ2) is 6.75. The van der Waals surface area contributed by atoms with Gasteiger partial charge in [0.1, 0.15) is 29.5 Å². The fraction of sp³-hybridized carbons (Fsp3) is 0.231. The first-order chi connectivity index (χ1) is 10.9. The largest absolute Gasteiger partial charge is 0.385 e. The smallest absolute Gasteiger partial charge is 0.271 e. The Morgan fingerprint density at radius 1 is 1.52 bits per heavy atom. The molecule has 0 aliphatic carbocycles. The maximum atomic E-state index is 12.0. The van der Waals surface area contributed by atoms with Crippen LogP contribution in [0.3, 0.4) is 0 Å². The summed E-state index contributed by atoms with van der Waals surface area (Å²) in [5.74, 6) is -1.03. The van der Waals surface area contributed by atoms with Crippen molar-refractivity contribution in [2.45, 2.75) is 18.6 Å². The van der Waals surface area contributed by atoms with E-state index in [2.05, 4.69) is 20.6 Å². The molecule has 2 unspecified atom stereocenters. The number of aliphatic hydroxyl groups is 1. The molecule has 2 atom stereocenters. The second-order valence-electron chi connectivity index (χ2n) is 4.87. The van der Waals surface area contributed by atoms with Gasteiger partial charge in [0.25, 0.3) is 5.91 Å². The standard InChI is InChI=1S/C13H17N7O3/c14-10(15)1-2-17-12(22)7-3-6(5-18-7)19-13(23)8-4-9(21)11(16)20-8/h1-3,5,8-9,18,21H,4H2,(H3,14,15)(H2,16,20)(H,17,22)(H,19,23). The number of amidine groups is 2. The molecule has 0 bridgehead atoms. The number of carbonyl (C=O) groups is 2. The molecule has 1 aliphatic heterocycles. The van der Waals surface area contributed by atoms with Gasteiger partial charge in [-0.15, -0.1) is 0 Å². The van der Waals surface area contributed by atoms with Crippen molar-refractivity contribution in [1.29, 1.82) is 5.41 Å². The Hall–Kier alpha value is -3.14. The Balaban J connectivity index is 1.93. The number of nitrogens with zero attached hydrogens (tertiary/aromatic N) is 1. The lowest BCUT2D eigenvalue weighted by Gasteiger charge is -2.06. The van der Waals surface area contributed by atoms with Gasteiger partial charge in [-0.3, -0.25) is 20.0 Å². The van der Waals surface area contributed by atoms with E-state index >= 15 is 0 Å². The molecule has 1 aromatic heterocycles. The molecule has 0 saturated heterocycles. The van der Waals surface area contributed by atoms with Gasteiger partial charge in [-0.05, 0) is 12.1 Å². The average Bonchev–Trinajstić information content (AvgIpc) is 3.06. The zero-order valence-corrected chi connectivity index (χ0v) is 12.0. The summed E-state index contributed by atoms with van der Waals surface area (Å²) >= 11 is 0. The zero-order valence-electron chi connectivity index (χ0n) is 12.0. The van der Waals surface area contributed by atoms with Crippen LogP contribution in [0.5, 0.6) is 0 Å². The first-order valence-electron chi connectivity index (χ1n) is 6.68. The normalized spacial score (nSPS) is 20.3. The molecule has 23 heavy (non-hydrogen) atoms. The van der Waals surface area contributed by atoms with Crippen LogP contribution in [0, 0.1) is 5.41 Å². The molecule has 0 aromatic carbocycles. The van der Waals surface area contributed by atoms with Gasteiger partial charge < -0.3 is 32.2 Å². The predicted octanol–water partition coefficient (Wildman–Crippen LogP) is -1.38. The van der Waals surface area contributed by atoms with Crippen molar-refractivity contribution in [3.05, 3.63) is 30.2 Å².